The Hall–Kier alpha value is 0.110. The van der Waals surface area contributed by atoms with Crippen LogP contribution in [0.3, 0.4) is 0 Å². The van der Waals surface area contributed by atoms with Crippen LogP contribution in [0.5, 0.6) is 0 Å². The molecule has 68 valence electrons. The van der Waals surface area contributed by atoms with E-state index in [0.717, 1.165) is 0 Å². The SMILES string of the molecule is CCP(=O)(CON)OC(C)C. The molecule has 0 saturated heterocycles. The van der Waals surface area contributed by atoms with Gasteiger partial charge >= 0.3 is 0 Å². The maximum Gasteiger partial charge on any atom is 0.230 e. The highest BCUT2D eigenvalue weighted by Crippen LogP contribution is 2.46. The summed E-state index contributed by atoms with van der Waals surface area (Å²) in [5.41, 5.74) is 0. The van der Waals surface area contributed by atoms with E-state index in [9.17, 15) is 4.57 Å². The molecule has 0 aromatic rings. The first-order valence-electron chi connectivity index (χ1n) is 3.62. The molecule has 0 aliphatic carbocycles. The second kappa shape index (κ2) is 4.88. The van der Waals surface area contributed by atoms with Gasteiger partial charge in [0.05, 0.1) is 6.10 Å². The van der Waals surface area contributed by atoms with Crippen LogP contribution in [0.2, 0.25) is 0 Å². The van der Waals surface area contributed by atoms with Crippen molar-refractivity contribution in [2.45, 2.75) is 26.9 Å². The molecule has 0 aliphatic rings. The van der Waals surface area contributed by atoms with Gasteiger partial charge in [-0.2, -0.15) is 0 Å². The maximum atomic E-state index is 11.6. The number of hydrogen-bond donors (Lipinski definition) is 1. The van der Waals surface area contributed by atoms with E-state index in [1.54, 1.807) is 6.92 Å². The summed E-state index contributed by atoms with van der Waals surface area (Å²) < 4.78 is 16.7. The Morgan fingerprint density at radius 2 is 2.09 bits per heavy atom. The van der Waals surface area contributed by atoms with E-state index in [4.69, 9.17) is 10.4 Å². The fourth-order valence-corrected chi connectivity index (χ4v) is 2.08. The molecule has 5 heteroatoms. The van der Waals surface area contributed by atoms with E-state index in [2.05, 4.69) is 4.84 Å². The molecule has 1 unspecified atom stereocenters. The Bertz CT molecular complexity index is 149. The Kier molecular flexibility index (Phi) is 4.93. The number of rotatable bonds is 5. The lowest BCUT2D eigenvalue weighted by Gasteiger charge is -2.17. The molecule has 0 aliphatic heterocycles. The van der Waals surface area contributed by atoms with Crippen molar-refractivity contribution in [1.29, 1.82) is 0 Å². The molecule has 0 amide bonds. The molecular formula is C6H16NO3P. The first-order chi connectivity index (χ1) is 5.04. The van der Waals surface area contributed by atoms with Crippen molar-refractivity contribution in [3.8, 4) is 0 Å². The van der Waals surface area contributed by atoms with Gasteiger partial charge in [-0.1, -0.05) is 6.92 Å². The summed E-state index contributed by atoms with van der Waals surface area (Å²) in [6.07, 6.45) is 0.417. The van der Waals surface area contributed by atoms with Gasteiger partial charge in [0.2, 0.25) is 7.37 Å². The maximum absolute atomic E-state index is 11.6. The third kappa shape index (κ3) is 4.53. The molecule has 4 nitrogen and oxygen atoms in total. The first-order valence-corrected chi connectivity index (χ1v) is 5.61. The second-order valence-electron chi connectivity index (χ2n) is 2.58. The largest absolute Gasteiger partial charge is 0.324 e. The monoisotopic (exact) mass is 181 g/mol. The summed E-state index contributed by atoms with van der Waals surface area (Å²) in [5, 5.41) is 0. The smallest absolute Gasteiger partial charge is 0.230 e. The van der Waals surface area contributed by atoms with E-state index < -0.39 is 7.37 Å². The molecule has 0 heterocycles. The Morgan fingerprint density at radius 3 is 2.36 bits per heavy atom. The van der Waals surface area contributed by atoms with Crippen molar-refractivity contribution >= 4 is 7.37 Å². The highest BCUT2D eigenvalue weighted by Gasteiger charge is 2.21. The van der Waals surface area contributed by atoms with Crippen molar-refractivity contribution in [2.75, 3.05) is 12.5 Å². The molecule has 0 saturated carbocycles. The zero-order valence-corrected chi connectivity index (χ0v) is 8.14. The quantitative estimate of drug-likeness (QED) is 0.516. The molecule has 0 rings (SSSR count). The van der Waals surface area contributed by atoms with Crippen LogP contribution in [0.1, 0.15) is 20.8 Å². The average molecular weight is 181 g/mol. The van der Waals surface area contributed by atoms with E-state index in [1.807, 2.05) is 13.8 Å². The third-order valence-corrected chi connectivity index (χ3v) is 3.47. The summed E-state index contributed by atoms with van der Waals surface area (Å²) in [6, 6.07) is 0. The van der Waals surface area contributed by atoms with Gasteiger partial charge in [0.15, 0.2) is 0 Å². The van der Waals surface area contributed by atoms with Crippen LogP contribution in [0.25, 0.3) is 0 Å². The standard InChI is InChI=1S/C6H16NO3P/c1-4-11(8,5-9-7)10-6(2)3/h6H,4-5,7H2,1-3H3. The van der Waals surface area contributed by atoms with Crippen molar-refractivity contribution in [1.82, 2.24) is 0 Å². The highest BCUT2D eigenvalue weighted by atomic mass is 31.2. The van der Waals surface area contributed by atoms with Gasteiger partial charge in [0.1, 0.15) is 6.35 Å². The number of nitrogens with two attached hydrogens (primary N) is 1. The van der Waals surface area contributed by atoms with Gasteiger partial charge in [0, 0.05) is 6.16 Å². The lowest BCUT2D eigenvalue weighted by molar-refractivity contribution is 0.156. The Balaban J connectivity index is 4.00. The van der Waals surface area contributed by atoms with Crippen molar-refractivity contribution < 1.29 is 13.9 Å². The van der Waals surface area contributed by atoms with Gasteiger partial charge in [-0.25, -0.2) is 5.90 Å². The summed E-state index contributed by atoms with van der Waals surface area (Å²) in [6.45, 7) is 5.46. The number of hydrogen-bond acceptors (Lipinski definition) is 4. The Morgan fingerprint density at radius 1 is 1.55 bits per heavy atom. The lowest BCUT2D eigenvalue weighted by Crippen LogP contribution is -2.09. The van der Waals surface area contributed by atoms with E-state index in [0.29, 0.717) is 6.16 Å². The summed E-state index contributed by atoms with van der Waals surface area (Å²) in [4.78, 5) is 4.31. The van der Waals surface area contributed by atoms with Gasteiger partial charge in [-0.15, -0.1) is 0 Å². The lowest BCUT2D eigenvalue weighted by atomic mass is 10.5. The van der Waals surface area contributed by atoms with Crippen molar-refractivity contribution in [3.05, 3.63) is 0 Å². The van der Waals surface area contributed by atoms with Crippen LogP contribution in [0, 0.1) is 0 Å². The van der Waals surface area contributed by atoms with E-state index >= 15 is 0 Å². The second-order valence-corrected chi connectivity index (χ2v) is 5.31. The van der Waals surface area contributed by atoms with Crippen molar-refractivity contribution in [3.63, 3.8) is 0 Å². The minimum atomic E-state index is -2.60. The molecular weight excluding hydrogens is 165 g/mol. The van der Waals surface area contributed by atoms with Gasteiger partial charge in [0.25, 0.3) is 0 Å². The molecule has 0 radical (unpaired) electrons. The zero-order chi connectivity index (χ0) is 8.91. The van der Waals surface area contributed by atoms with Gasteiger partial charge in [-0.3, -0.25) is 9.40 Å². The zero-order valence-electron chi connectivity index (χ0n) is 7.24. The Labute approximate surface area is 67.5 Å². The van der Waals surface area contributed by atoms with E-state index in [1.165, 1.54) is 0 Å². The molecule has 0 aromatic heterocycles. The van der Waals surface area contributed by atoms with Crippen LogP contribution in [0.4, 0.5) is 0 Å². The fraction of sp³-hybridized carbons (Fsp3) is 1.00. The third-order valence-electron chi connectivity index (χ3n) is 1.16. The van der Waals surface area contributed by atoms with Crippen LogP contribution in [-0.2, 0) is 13.9 Å². The van der Waals surface area contributed by atoms with Gasteiger partial charge in [-0.05, 0) is 13.8 Å². The summed E-state index contributed by atoms with van der Waals surface area (Å²) in [7, 11) is -2.60. The van der Waals surface area contributed by atoms with Crippen LogP contribution in [-0.4, -0.2) is 18.6 Å². The molecule has 1 atom stereocenters. The van der Waals surface area contributed by atoms with E-state index in [-0.39, 0.29) is 12.5 Å². The van der Waals surface area contributed by atoms with Crippen LogP contribution in [0.15, 0.2) is 0 Å². The molecule has 11 heavy (non-hydrogen) atoms. The molecule has 0 aromatic carbocycles. The van der Waals surface area contributed by atoms with Crippen molar-refractivity contribution in [2.24, 2.45) is 5.90 Å². The fourth-order valence-electron chi connectivity index (χ4n) is 0.694. The van der Waals surface area contributed by atoms with Crippen LogP contribution >= 0.6 is 7.37 Å². The molecule has 0 bridgehead atoms. The predicted molar refractivity (Wildman–Crippen MR) is 44.5 cm³/mol. The highest BCUT2D eigenvalue weighted by molar-refractivity contribution is 7.58. The summed E-state index contributed by atoms with van der Waals surface area (Å²) in [5.74, 6) is 4.81. The topological polar surface area (TPSA) is 61.5 Å². The normalized spacial score (nSPS) is 16.8. The summed E-state index contributed by atoms with van der Waals surface area (Å²) >= 11 is 0. The first kappa shape index (κ1) is 11.1. The van der Waals surface area contributed by atoms with Crippen LogP contribution < -0.4 is 5.90 Å². The molecule has 2 N–H and O–H groups in total. The predicted octanol–water partition coefficient (Wildman–Crippen LogP) is 1.56. The average Bonchev–Trinajstić information content (AvgIpc) is 1.87. The molecule has 0 spiro atoms. The molecule has 0 fully saturated rings. The minimum absolute atomic E-state index is 0.00167. The minimum Gasteiger partial charge on any atom is -0.324 e. The van der Waals surface area contributed by atoms with Gasteiger partial charge < -0.3 is 4.52 Å².